The van der Waals surface area contributed by atoms with Crippen molar-refractivity contribution in [3.05, 3.63) is 29.0 Å². The number of carboxylic acid groups (broad SMARTS) is 1. The van der Waals surface area contributed by atoms with Crippen LogP contribution >= 0.6 is 0 Å². The number of carboxylic acids is 1. The minimum Gasteiger partial charge on any atom is -0.477 e. The quantitative estimate of drug-likeness (QED) is 0.622. The molecule has 4 heteroatoms. The Balaban J connectivity index is 2.85. The van der Waals surface area contributed by atoms with Gasteiger partial charge in [-0.3, -0.25) is 0 Å². The topological polar surface area (TPSA) is 79.1 Å². The summed E-state index contributed by atoms with van der Waals surface area (Å²) >= 11 is 0. The van der Waals surface area contributed by atoms with E-state index >= 15 is 0 Å². The van der Waals surface area contributed by atoms with Crippen LogP contribution in [0, 0.1) is 13.8 Å². The summed E-state index contributed by atoms with van der Waals surface area (Å²) in [5, 5.41) is 9.64. The number of benzene rings is 1. The Morgan fingerprint density at radius 1 is 1.40 bits per heavy atom. The first-order valence-corrected chi connectivity index (χ1v) is 4.62. The van der Waals surface area contributed by atoms with Crippen LogP contribution < -0.4 is 5.73 Å². The summed E-state index contributed by atoms with van der Waals surface area (Å²) in [7, 11) is 0. The van der Waals surface area contributed by atoms with E-state index in [1.807, 2.05) is 19.9 Å². The van der Waals surface area contributed by atoms with Gasteiger partial charge in [-0.25, -0.2) is 4.79 Å². The van der Waals surface area contributed by atoms with Crippen LogP contribution in [0.15, 0.2) is 12.1 Å². The van der Waals surface area contributed by atoms with Crippen LogP contribution in [0.4, 0.5) is 5.69 Å². The molecule has 0 aliphatic rings. The molecule has 1 heterocycles. The smallest absolute Gasteiger partial charge is 0.352 e. The molecule has 0 saturated heterocycles. The monoisotopic (exact) mass is 204 g/mol. The molecule has 15 heavy (non-hydrogen) atoms. The van der Waals surface area contributed by atoms with Crippen molar-refractivity contribution in [2.45, 2.75) is 13.8 Å². The molecule has 0 bridgehead atoms. The van der Waals surface area contributed by atoms with Gasteiger partial charge in [0.2, 0.25) is 0 Å². The molecule has 0 aliphatic heterocycles. The van der Waals surface area contributed by atoms with E-state index in [1.165, 1.54) is 0 Å². The van der Waals surface area contributed by atoms with Crippen LogP contribution in [0.2, 0.25) is 0 Å². The second kappa shape index (κ2) is 3.02. The van der Waals surface area contributed by atoms with Gasteiger partial charge in [-0.15, -0.1) is 0 Å². The third-order valence-corrected chi connectivity index (χ3v) is 2.70. The number of nitrogen functional groups attached to an aromatic ring is 1. The Kier molecular flexibility index (Phi) is 1.93. The molecule has 78 valence electrons. The number of anilines is 1. The first-order valence-electron chi connectivity index (χ1n) is 4.62. The van der Waals surface area contributed by atoms with Gasteiger partial charge >= 0.3 is 5.97 Å². The van der Waals surface area contributed by atoms with E-state index in [9.17, 15) is 4.79 Å². The van der Waals surface area contributed by atoms with Crippen LogP contribution in [0.3, 0.4) is 0 Å². The van der Waals surface area contributed by atoms with E-state index in [1.54, 1.807) is 6.07 Å². The van der Waals surface area contributed by atoms with E-state index in [-0.39, 0.29) is 5.69 Å². The van der Waals surface area contributed by atoms with E-state index in [0.717, 1.165) is 22.0 Å². The maximum absolute atomic E-state index is 10.8. The average Bonchev–Trinajstić information content (AvgIpc) is 2.59. The van der Waals surface area contributed by atoms with Crippen LogP contribution in [0.25, 0.3) is 10.9 Å². The lowest BCUT2D eigenvalue weighted by molar-refractivity contribution is 0.0691. The molecule has 0 unspecified atom stereocenters. The molecule has 0 fully saturated rings. The third kappa shape index (κ3) is 1.34. The largest absolute Gasteiger partial charge is 0.477 e. The van der Waals surface area contributed by atoms with Crippen molar-refractivity contribution < 1.29 is 9.90 Å². The molecule has 0 saturated carbocycles. The Labute approximate surface area is 86.7 Å². The summed E-state index contributed by atoms with van der Waals surface area (Å²) < 4.78 is 0. The zero-order chi connectivity index (χ0) is 11.2. The van der Waals surface area contributed by atoms with Crippen molar-refractivity contribution >= 4 is 22.6 Å². The van der Waals surface area contributed by atoms with Crippen molar-refractivity contribution in [3.8, 4) is 0 Å². The molecule has 0 amide bonds. The molecule has 0 radical (unpaired) electrons. The predicted molar refractivity (Wildman–Crippen MR) is 59.1 cm³/mol. The molecule has 2 rings (SSSR count). The van der Waals surface area contributed by atoms with Gasteiger partial charge in [0.1, 0.15) is 5.69 Å². The van der Waals surface area contributed by atoms with Gasteiger partial charge in [-0.2, -0.15) is 0 Å². The fourth-order valence-electron chi connectivity index (χ4n) is 1.71. The highest BCUT2D eigenvalue weighted by Crippen LogP contribution is 2.27. The third-order valence-electron chi connectivity index (χ3n) is 2.70. The molecule has 0 aliphatic carbocycles. The SMILES string of the molecule is Cc1cc(N)c2cc(C(=O)O)[nH]c2c1C. The second-order valence-electron chi connectivity index (χ2n) is 3.68. The Morgan fingerprint density at radius 2 is 2.07 bits per heavy atom. The second-order valence-corrected chi connectivity index (χ2v) is 3.68. The number of hydrogen-bond donors (Lipinski definition) is 3. The van der Waals surface area contributed by atoms with Crippen molar-refractivity contribution in [2.75, 3.05) is 5.73 Å². The molecule has 4 nitrogen and oxygen atoms in total. The van der Waals surface area contributed by atoms with Gasteiger partial charge in [0.05, 0.1) is 5.52 Å². The summed E-state index contributed by atoms with van der Waals surface area (Å²) in [6, 6.07) is 3.43. The Hall–Kier alpha value is -1.97. The van der Waals surface area contributed by atoms with Crippen molar-refractivity contribution in [1.29, 1.82) is 0 Å². The molecule has 0 spiro atoms. The number of aromatic carboxylic acids is 1. The summed E-state index contributed by atoms with van der Waals surface area (Å²) in [6.45, 7) is 3.89. The predicted octanol–water partition coefficient (Wildman–Crippen LogP) is 2.07. The van der Waals surface area contributed by atoms with Gasteiger partial charge in [0.25, 0.3) is 0 Å². The maximum atomic E-state index is 10.8. The van der Waals surface area contributed by atoms with Crippen molar-refractivity contribution in [1.82, 2.24) is 4.98 Å². The molecular weight excluding hydrogens is 192 g/mol. The van der Waals surface area contributed by atoms with Gasteiger partial charge in [0, 0.05) is 11.1 Å². The first-order chi connectivity index (χ1) is 7.00. The minimum absolute atomic E-state index is 0.172. The van der Waals surface area contributed by atoms with Crippen LogP contribution in [0.5, 0.6) is 0 Å². The molecule has 2 aromatic rings. The number of rotatable bonds is 1. The first kappa shape index (κ1) is 9.58. The molecule has 4 N–H and O–H groups in total. The summed E-state index contributed by atoms with van der Waals surface area (Å²) in [5.74, 6) is -0.970. The number of nitrogens with two attached hydrogens (primary N) is 1. The normalized spacial score (nSPS) is 10.8. The Bertz CT molecular complexity index is 555. The number of carbonyl (C=O) groups is 1. The number of hydrogen-bond acceptors (Lipinski definition) is 2. The summed E-state index contributed by atoms with van der Waals surface area (Å²) in [4.78, 5) is 13.7. The number of aryl methyl sites for hydroxylation is 2. The van der Waals surface area contributed by atoms with E-state index in [4.69, 9.17) is 10.8 Å². The zero-order valence-corrected chi connectivity index (χ0v) is 8.59. The lowest BCUT2D eigenvalue weighted by atomic mass is 10.1. The number of aromatic amines is 1. The van der Waals surface area contributed by atoms with E-state index < -0.39 is 5.97 Å². The maximum Gasteiger partial charge on any atom is 0.352 e. The van der Waals surface area contributed by atoms with Gasteiger partial charge in [-0.05, 0) is 37.1 Å². The van der Waals surface area contributed by atoms with Gasteiger partial charge < -0.3 is 15.8 Å². The van der Waals surface area contributed by atoms with Crippen LogP contribution in [-0.4, -0.2) is 16.1 Å². The summed E-state index contributed by atoms with van der Waals surface area (Å²) in [6.07, 6.45) is 0. The number of nitrogens with one attached hydrogen (secondary N) is 1. The lowest BCUT2D eigenvalue weighted by Crippen LogP contribution is -1.95. The fraction of sp³-hybridized carbons (Fsp3) is 0.182. The van der Waals surface area contributed by atoms with Gasteiger partial charge in [-0.1, -0.05) is 0 Å². The van der Waals surface area contributed by atoms with E-state index in [2.05, 4.69) is 4.98 Å². The molecule has 1 aromatic heterocycles. The molecular formula is C11H12N2O2. The number of H-pyrrole nitrogens is 1. The Morgan fingerprint density at radius 3 is 2.67 bits per heavy atom. The highest BCUT2D eigenvalue weighted by atomic mass is 16.4. The van der Waals surface area contributed by atoms with Crippen molar-refractivity contribution in [3.63, 3.8) is 0 Å². The van der Waals surface area contributed by atoms with Crippen molar-refractivity contribution in [2.24, 2.45) is 0 Å². The van der Waals surface area contributed by atoms with Crippen LogP contribution in [0.1, 0.15) is 21.6 Å². The lowest BCUT2D eigenvalue weighted by Gasteiger charge is -2.04. The van der Waals surface area contributed by atoms with Gasteiger partial charge in [0.15, 0.2) is 0 Å². The molecule has 0 atom stereocenters. The summed E-state index contributed by atoms with van der Waals surface area (Å²) in [5.41, 5.74) is 9.50. The fourth-order valence-corrected chi connectivity index (χ4v) is 1.71. The highest BCUT2D eigenvalue weighted by Gasteiger charge is 2.12. The zero-order valence-electron chi connectivity index (χ0n) is 8.59. The number of aromatic nitrogens is 1. The van der Waals surface area contributed by atoms with E-state index in [0.29, 0.717) is 5.69 Å². The average molecular weight is 204 g/mol. The van der Waals surface area contributed by atoms with Crippen LogP contribution in [-0.2, 0) is 0 Å². The standard InChI is InChI=1S/C11H12N2O2/c1-5-3-8(12)7-4-9(11(14)15)13-10(7)6(5)2/h3-4,13H,12H2,1-2H3,(H,14,15). The highest BCUT2D eigenvalue weighted by molar-refractivity contribution is 6.00. The minimum atomic E-state index is -0.970. The molecule has 1 aromatic carbocycles. The number of fused-ring (bicyclic) bond motifs is 1.